The number of benzene rings is 1. The Morgan fingerprint density at radius 2 is 2.18 bits per heavy atom. The normalized spacial score (nSPS) is 22.2. The topological polar surface area (TPSA) is 91.1 Å². The Morgan fingerprint density at radius 1 is 1.26 bits per heavy atom. The molecule has 3 aromatic rings. The lowest BCUT2D eigenvalue weighted by Crippen LogP contribution is -2.31. The number of anilines is 2. The molecule has 1 aromatic carbocycles. The summed E-state index contributed by atoms with van der Waals surface area (Å²) < 4.78 is 5.53. The molecule has 172 valence electrons. The molecule has 0 radical (unpaired) electrons. The number of amides is 1. The van der Waals surface area contributed by atoms with Crippen molar-refractivity contribution in [1.82, 2.24) is 20.6 Å². The zero-order valence-electron chi connectivity index (χ0n) is 18.7. The van der Waals surface area contributed by atoms with E-state index in [4.69, 9.17) is 16.3 Å². The van der Waals surface area contributed by atoms with Crippen LogP contribution in [-0.4, -0.2) is 41.6 Å². The van der Waals surface area contributed by atoms with Crippen LogP contribution in [0.1, 0.15) is 34.5 Å². The van der Waals surface area contributed by atoms with Gasteiger partial charge >= 0.3 is 0 Å². The zero-order chi connectivity index (χ0) is 23.2. The van der Waals surface area contributed by atoms with Crippen LogP contribution in [0.3, 0.4) is 0 Å². The molecule has 7 nitrogen and oxygen atoms in total. The van der Waals surface area contributed by atoms with Crippen LogP contribution >= 0.6 is 11.6 Å². The fourth-order valence-corrected chi connectivity index (χ4v) is 5.23. The summed E-state index contributed by atoms with van der Waals surface area (Å²) in [7, 11) is 1.57. The van der Waals surface area contributed by atoms with Crippen LogP contribution in [0.2, 0.25) is 5.02 Å². The van der Waals surface area contributed by atoms with E-state index in [1.54, 1.807) is 25.6 Å². The molecule has 8 heteroatoms. The first-order chi connectivity index (χ1) is 16.6. The molecular weight excluding hydrogens is 450 g/mol. The van der Waals surface area contributed by atoms with E-state index >= 15 is 0 Å². The van der Waals surface area contributed by atoms with Crippen molar-refractivity contribution in [2.75, 3.05) is 19.0 Å². The highest BCUT2D eigenvalue weighted by atomic mass is 35.5. The number of para-hydroxylation sites is 1. The number of H-pyrrole nitrogens is 1. The van der Waals surface area contributed by atoms with Gasteiger partial charge in [-0.25, -0.2) is 0 Å². The Bertz CT molecular complexity index is 1340. The summed E-state index contributed by atoms with van der Waals surface area (Å²) >= 11 is 6.36. The monoisotopic (exact) mass is 473 g/mol. The second kappa shape index (κ2) is 8.39. The van der Waals surface area contributed by atoms with Crippen LogP contribution in [0, 0.1) is 17.8 Å². The largest absolute Gasteiger partial charge is 0.493 e. The molecule has 2 aromatic heterocycles. The molecule has 6 rings (SSSR count). The van der Waals surface area contributed by atoms with E-state index in [0.717, 1.165) is 34.9 Å². The summed E-state index contributed by atoms with van der Waals surface area (Å²) in [5, 5.41) is 10.4. The van der Waals surface area contributed by atoms with E-state index in [1.807, 2.05) is 18.2 Å². The standard InChI is InChI=1S/C26H24ClN5O2/c1-34-25-18(27)3-2-4-20(25)32-24-22-19(8-10-29-26(22)33)31-23(24)17-7-9-28-13-14(17)5-6-16-11-15-12-21(15)30-16/h2-4,7,9,13,15-16,21,30-32H,8,10-12H2,1H3,(H,29,33)/t15-,16+,21+/m1/s1. The Hall–Kier alpha value is -3.47. The van der Waals surface area contributed by atoms with Crippen LogP contribution in [0.4, 0.5) is 11.4 Å². The fraction of sp³-hybridized carbons (Fsp3) is 0.308. The summed E-state index contributed by atoms with van der Waals surface area (Å²) in [6.45, 7) is 0.588. The summed E-state index contributed by atoms with van der Waals surface area (Å²) in [4.78, 5) is 20.7. The highest BCUT2D eigenvalue weighted by molar-refractivity contribution is 6.32. The second-order valence-electron chi connectivity index (χ2n) is 8.93. The number of rotatable bonds is 4. The number of hydrogen-bond acceptors (Lipinski definition) is 5. The molecule has 1 saturated carbocycles. The molecule has 4 N–H and O–H groups in total. The van der Waals surface area contributed by atoms with Gasteiger partial charge in [0.05, 0.1) is 46.4 Å². The van der Waals surface area contributed by atoms with Crippen LogP contribution in [0.5, 0.6) is 5.75 Å². The van der Waals surface area contributed by atoms with Crippen molar-refractivity contribution in [3.8, 4) is 28.8 Å². The molecule has 3 aliphatic rings. The Kier molecular flexibility index (Phi) is 5.20. The number of pyridine rings is 1. The van der Waals surface area contributed by atoms with Crippen LogP contribution in [0.25, 0.3) is 11.3 Å². The number of halogens is 1. The predicted octanol–water partition coefficient (Wildman–Crippen LogP) is 3.87. The second-order valence-corrected chi connectivity index (χ2v) is 9.34. The van der Waals surface area contributed by atoms with Crippen molar-refractivity contribution in [2.24, 2.45) is 5.92 Å². The average molecular weight is 474 g/mol. The molecule has 3 atom stereocenters. The van der Waals surface area contributed by atoms with Gasteiger partial charge in [-0.15, -0.1) is 0 Å². The number of nitrogens with one attached hydrogen (secondary N) is 4. The Morgan fingerprint density at radius 3 is 3.00 bits per heavy atom. The number of aromatic nitrogens is 2. The molecular formula is C26H24ClN5O2. The summed E-state index contributed by atoms with van der Waals surface area (Å²) in [5.41, 5.74) is 5.31. The van der Waals surface area contributed by atoms with Crippen molar-refractivity contribution >= 4 is 28.9 Å². The lowest BCUT2D eigenvalue weighted by molar-refractivity contribution is 0.0947. The maximum atomic E-state index is 12.9. The highest BCUT2D eigenvalue weighted by Crippen LogP contribution is 2.42. The van der Waals surface area contributed by atoms with Crippen LogP contribution < -0.4 is 20.7 Å². The van der Waals surface area contributed by atoms with Gasteiger partial charge in [0.25, 0.3) is 5.91 Å². The third kappa shape index (κ3) is 3.69. The molecule has 0 bridgehead atoms. The summed E-state index contributed by atoms with van der Waals surface area (Å²) in [6.07, 6.45) is 6.61. The molecule has 1 saturated heterocycles. The maximum Gasteiger partial charge on any atom is 0.255 e. The number of fused-ring (bicyclic) bond motifs is 2. The van der Waals surface area contributed by atoms with Gasteiger partial charge in [0.15, 0.2) is 5.75 Å². The van der Waals surface area contributed by atoms with Crippen molar-refractivity contribution in [1.29, 1.82) is 0 Å². The van der Waals surface area contributed by atoms with Gasteiger partial charge < -0.3 is 25.7 Å². The van der Waals surface area contributed by atoms with Gasteiger partial charge in [0.2, 0.25) is 0 Å². The van der Waals surface area contributed by atoms with E-state index in [9.17, 15) is 4.79 Å². The number of aromatic amines is 1. The van der Waals surface area contributed by atoms with Crippen LogP contribution in [-0.2, 0) is 6.42 Å². The molecule has 2 fully saturated rings. The molecule has 0 spiro atoms. The quantitative estimate of drug-likeness (QED) is 0.432. The van der Waals surface area contributed by atoms with Gasteiger partial charge in [0, 0.05) is 42.7 Å². The van der Waals surface area contributed by atoms with Crippen LogP contribution in [0.15, 0.2) is 36.7 Å². The number of methoxy groups -OCH3 is 1. The number of hydrogen-bond donors (Lipinski definition) is 4. The van der Waals surface area contributed by atoms with Crippen molar-refractivity contribution in [2.45, 2.75) is 31.3 Å². The summed E-state index contributed by atoms with van der Waals surface area (Å²) in [5.74, 6) is 7.90. The van der Waals surface area contributed by atoms with Gasteiger partial charge in [-0.2, -0.15) is 0 Å². The first-order valence-electron chi connectivity index (χ1n) is 11.5. The molecule has 34 heavy (non-hydrogen) atoms. The average Bonchev–Trinajstić information content (AvgIpc) is 3.28. The number of nitrogens with zero attached hydrogens (tertiary/aromatic N) is 1. The number of ether oxygens (including phenoxy) is 1. The minimum absolute atomic E-state index is 0.122. The van der Waals surface area contributed by atoms with E-state index < -0.39 is 0 Å². The Balaban J connectivity index is 1.45. The predicted molar refractivity (Wildman–Crippen MR) is 132 cm³/mol. The number of piperidine rings is 1. The lowest BCUT2D eigenvalue weighted by Gasteiger charge is -2.17. The van der Waals surface area contributed by atoms with Gasteiger partial charge in [0.1, 0.15) is 0 Å². The first kappa shape index (κ1) is 21.1. The van der Waals surface area contributed by atoms with E-state index in [2.05, 4.69) is 37.8 Å². The van der Waals surface area contributed by atoms with E-state index in [1.165, 1.54) is 6.42 Å². The van der Waals surface area contributed by atoms with Gasteiger partial charge in [-0.1, -0.05) is 29.5 Å². The lowest BCUT2D eigenvalue weighted by atomic mass is 10.0. The summed E-state index contributed by atoms with van der Waals surface area (Å²) in [6, 6.07) is 8.27. The smallest absolute Gasteiger partial charge is 0.255 e. The molecule has 1 aliphatic carbocycles. The van der Waals surface area contributed by atoms with Crippen molar-refractivity contribution in [3.63, 3.8) is 0 Å². The molecule has 2 aliphatic heterocycles. The van der Waals surface area contributed by atoms with E-state index in [0.29, 0.717) is 46.7 Å². The van der Waals surface area contributed by atoms with E-state index in [-0.39, 0.29) is 11.9 Å². The third-order valence-electron chi connectivity index (χ3n) is 6.74. The fourth-order valence-electron chi connectivity index (χ4n) is 4.97. The molecule has 0 unspecified atom stereocenters. The number of carbonyl (C=O) groups is 1. The Labute approximate surface area is 202 Å². The van der Waals surface area contributed by atoms with Crippen molar-refractivity contribution in [3.05, 3.63) is 58.5 Å². The minimum atomic E-state index is -0.122. The first-order valence-corrected chi connectivity index (χ1v) is 11.8. The highest BCUT2D eigenvalue weighted by Gasteiger charge is 2.45. The third-order valence-corrected chi connectivity index (χ3v) is 7.04. The van der Waals surface area contributed by atoms with Gasteiger partial charge in [-0.05, 0) is 37.0 Å². The number of carbonyl (C=O) groups excluding carboxylic acids is 1. The molecule has 4 heterocycles. The maximum absolute atomic E-state index is 12.9. The SMILES string of the molecule is COc1c(Cl)cccc1Nc1c(-c2ccncc2C#C[C@H]2C[C@@H]3C[C@@H]3N2)[nH]c2c1C(=O)NCC2. The van der Waals surface area contributed by atoms with Crippen molar-refractivity contribution < 1.29 is 9.53 Å². The zero-order valence-corrected chi connectivity index (χ0v) is 19.4. The minimum Gasteiger partial charge on any atom is -0.493 e. The van der Waals surface area contributed by atoms with Gasteiger partial charge in [-0.3, -0.25) is 9.78 Å². The molecule has 1 amide bonds.